The largest absolute Gasteiger partial charge is 0.320 e. The van der Waals surface area contributed by atoms with E-state index < -0.39 is 0 Å². The average molecular weight is 283 g/mol. The third-order valence-electron chi connectivity index (χ3n) is 3.77. The molecule has 0 fully saturated rings. The van der Waals surface area contributed by atoms with Crippen LogP contribution >= 0.6 is 0 Å². The molecule has 0 spiro atoms. The average Bonchev–Trinajstić information content (AvgIpc) is 2.42. The number of hydrogen-bond acceptors (Lipinski definition) is 3. The molecule has 0 saturated heterocycles. The lowest BCUT2D eigenvalue weighted by molar-refractivity contribution is 0.712. The highest BCUT2D eigenvalue weighted by Gasteiger charge is 2.09. The summed E-state index contributed by atoms with van der Waals surface area (Å²) >= 11 is 0. The Morgan fingerprint density at radius 1 is 1.05 bits per heavy atom. The molecule has 0 atom stereocenters. The van der Waals surface area contributed by atoms with E-state index in [0.717, 1.165) is 43.0 Å². The number of aromatic nitrogens is 2. The molecule has 1 aromatic heterocycles. The van der Waals surface area contributed by atoms with E-state index in [4.69, 9.17) is 9.97 Å². The maximum Gasteiger partial charge on any atom is 0.133 e. The Morgan fingerprint density at radius 2 is 1.76 bits per heavy atom. The Bertz CT molecular complexity index is 582. The summed E-state index contributed by atoms with van der Waals surface area (Å²) in [5, 5.41) is 3.19. The zero-order valence-electron chi connectivity index (χ0n) is 13.5. The molecule has 0 radical (unpaired) electrons. The van der Waals surface area contributed by atoms with Crippen LogP contribution in [0, 0.1) is 20.8 Å². The minimum Gasteiger partial charge on any atom is -0.320 e. The SMILES string of the molecule is CNCCCc1c(C)nc(Cc2cccc(C)c2)nc1C. The van der Waals surface area contributed by atoms with Crippen LogP contribution in [0.3, 0.4) is 0 Å². The summed E-state index contributed by atoms with van der Waals surface area (Å²) in [6.45, 7) is 7.35. The van der Waals surface area contributed by atoms with Crippen molar-refractivity contribution >= 4 is 0 Å². The highest BCUT2D eigenvalue weighted by Crippen LogP contribution is 2.15. The first-order chi connectivity index (χ1) is 10.1. The van der Waals surface area contributed by atoms with E-state index >= 15 is 0 Å². The van der Waals surface area contributed by atoms with Crippen LogP contribution in [0.2, 0.25) is 0 Å². The van der Waals surface area contributed by atoms with E-state index in [1.807, 2.05) is 7.05 Å². The predicted octanol–water partition coefficient (Wildman–Crippen LogP) is 3.14. The Labute approximate surface area is 127 Å². The second-order valence-electron chi connectivity index (χ2n) is 5.66. The molecule has 0 aliphatic heterocycles. The molecule has 0 aliphatic rings. The normalized spacial score (nSPS) is 10.9. The van der Waals surface area contributed by atoms with Gasteiger partial charge in [-0.2, -0.15) is 0 Å². The van der Waals surface area contributed by atoms with Gasteiger partial charge in [-0.1, -0.05) is 29.8 Å². The Balaban J connectivity index is 2.15. The van der Waals surface area contributed by atoms with Gasteiger partial charge < -0.3 is 5.32 Å². The van der Waals surface area contributed by atoms with E-state index in [2.05, 4.69) is 50.4 Å². The van der Waals surface area contributed by atoms with Crippen LogP contribution in [-0.4, -0.2) is 23.6 Å². The van der Waals surface area contributed by atoms with Crippen LogP contribution in [-0.2, 0) is 12.8 Å². The van der Waals surface area contributed by atoms with Crippen molar-refractivity contribution in [1.29, 1.82) is 0 Å². The summed E-state index contributed by atoms with van der Waals surface area (Å²) in [7, 11) is 1.99. The second-order valence-corrected chi connectivity index (χ2v) is 5.66. The minimum atomic E-state index is 0.806. The van der Waals surface area contributed by atoms with E-state index in [9.17, 15) is 0 Å². The molecular weight excluding hydrogens is 258 g/mol. The van der Waals surface area contributed by atoms with Gasteiger partial charge in [0.1, 0.15) is 5.82 Å². The quantitative estimate of drug-likeness (QED) is 0.828. The Hall–Kier alpha value is -1.74. The molecule has 0 unspecified atom stereocenters. The van der Waals surface area contributed by atoms with Gasteiger partial charge in [-0.3, -0.25) is 0 Å². The van der Waals surface area contributed by atoms with Gasteiger partial charge in [-0.25, -0.2) is 9.97 Å². The molecule has 3 nitrogen and oxygen atoms in total. The van der Waals surface area contributed by atoms with Gasteiger partial charge in [-0.05, 0) is 58.3 Å². The smallest absolute Gasteiger partial charge is 0.133 e. The molecule has 1 N–H and O–H groups in total. The summed E-state index contributed by atoms with van der Waals surface area (Å²) < 4.78 is 0. The molecule has 2 aromatic rings. The molecule has 1 heterocycles. The van der Waals surface area contributed by atoms with Gasteiger partial charge in [0, 0.05) is 17.8 Å². The maximum atomic E-state index is 4.71. The first-order valence-electron chi connectivity index (χ1n) is 7.63. The number of aryl methyl sites for hydroxylation is 3. The number of hydrogen-bond donors (Lipinski definition) is 1. The molecular formula is C18H25N3. The maximum absolute atomic E-state index is 4.71. The van der Waals surface area contributed by atoms with Crippen molar-refractivity contribution in [3.63, 3.8) is 0 Å². The molecule has 2 rings (SSSR count). The molecule has 1 aromatic carbocycles. The van der Waals surface area contributed by atoms with Crippen molar-refractivity contribution in [3.05, 3.63) is 58.2 Å². The topological polar surface area (TPSA) is 37.8 Å². The summed E-state index contributed by atoms with van der Waals surface area (Å²) in [5.74, 6) is 0.924. The highest BCUT2D eigenvalue weighted by atomic mass is 14.9. The molecule has 112 valence electrons. The summed E-state index contributed by atoms with van der Waals surface area (Å²) in [6, 6.07) is 8.55. The highest BCUT2D eigenvalue weighted by molar-refractivity contribution is 5.28. The fourth-order valence-electron chi connectivity index (χ4n) is 2.70. The van der Waals surface area contributed by atoms with Crippen molar-refractivity contribution < 1.29 is 0 Å². The van der Waals surface area contributed by atoms with Crippen LogP contribution < -0.4 is 5.32 Å². The molecule has 3 heteroatoms. The van der Waals surface area contributed by atoms with Gasteiger partial charge >= 0.3 is 0 Å². The van der Waals surface area contributed by atoms with Crippen molar-refractivity contribution in [2.24, 2.45) is 0 Å². The van der Waals surface area contributed by atoms with Crippen molar-refractivity contribution in [2.45, 2.75) is 40.0 Å². The van der Waals surface area contributed by atoms with E-state index in [1.165, 1.54) is 16.7 Å². The predicted molar refractivity (Wildman–Crippen MR) is 87.7 cm³/mol. The first kappa shape index (κ1) is 15.6. The third-order valence-corrected chi connectivity index (χ3v) is 3.77. The van der Waals surface area contributed by atoms with Crippen LogP contribution in [0.4, 0.5) is 0 Å². The fraction of sp³-hybridized carbons (Fsp3) is 0.444. The summed E-state index contributed by atoms with van der Waals surface area (Å²) in [5.41, 5.74) is 6.11. The Morgan fingerprint density at radius 3 is 2.38 bits per heavy atom. The monoisotopic (exact) mass is 283 g/mol. The van der Waals surface area contributed by atoms with Gasteiger partial charge in [-0.15, -0.1) is 0 Å². The zero-order chi connectivity index (χ0) is 15.2. The minimum absolute atomic E-state index is 0.806. The van der Waals surface area contributed by atoms with Crippen LogP contribution in [0.1, 0.15) is 40.3 Å². The van der Waals surface area contributed by atoms with E-state index in [-0.39, 0.29) is 0 Å². The van der Waals surface area contributed by atoms with E-state index in [0.29, 0.717) is 0 Å². The second kappa shape index (κ2) is 7.32. The molecule has 0 bridgehead atoms. The fourth-order valence-corrected chi connectivity index (χ4v) is 2.70. The summed E-state index contributed by atoms with van der Waals surface area (Å²) in [4.78, 5) is 9.41. The number of nitrogens with one attached hydrogen (secondary N) is 1. The number of nitrogens with zero attached hydrogens (tertiary/aromatic N) is 2. The standard InChI is InChI=1S/C18H25N3/c1-13-7-5-8-16(11-13)12-18-20-14(2)17(15(3)21-18)9-6-10-19-4/h5,7-8,11,19H,6,9-10,12H2,1-4H3. The summed E-state index contributed by atoms with van der Waals surface area (Å²) in [6.07, 6.45) is 2.97. The van der Waals surface area contributed by atoms with Gasteiger partial charge in [0.05, 0.1) is 0 Å². The zero-order valence-corrected chi connectivity index (χ0v) is 13.5. The number of benzene rings is 1. The van der Waals surface area contributed by atoms with Crippen molar-refractivity contribution in [1.82, 2.24) is 15.3 Å². The Kier molecular flexibility index (Phi) is 5.45. The molecule has 21 heavy (non-hydrogen) atoms. The van der Waals surface area contributed by atoms with E-state index in [1.54, 1.807) is 0 Å². The van der Waals surface area contributed by atoms with Crippen molar-refractivity contribution in [3.8, 4) is 0 Å². The third kappa shape index (κ3) is 4.36. The van der Waals surface area contributed by atoms with Crippen LogP contribution in [0.25, 0.3) is 0 Å². The lowest BCUT2D eigenvalue weighted by Gasteiger charge is -2.11. The molecule has 0 aliphatic carbocycles. The lowest BCUT2D eigenvalue weighted by atomic mass is 10.1. The lowest BCUT2D eigenvalue weighted by Crippen LogP contribution is -2.11. The van der Waals surface area contributed by atoms with Crippen molar-refractivity contribution in [2.75, 3.05) is 13.6 Å². The van der Waals surface area contributed by atoms with Gasteiger partial charge in [0.25, 0.3) is 0 Å². The van der Waals surface area contributed by atoms with Crippen LogP contribution in [0.5, 0.6) is 0 Å². The van der Waals surface area contributed by atoms with Gasteiger partial charge in [0.15, 0.2) is 0 Å². The molecule has 0 amide bonds. The van der Waals surface area contributed by atoms with Crippen LogP contribution in [0.15, 0.2) is 24.3 Å². The van der Waals surface area contributed by atoms with Gasteiger partial charge in [0.2, 0.25) is 0 Å². The molecule has 0 saturated carbocycles. The first-order valence-corrected chi connectivity index (χ1v) is 7.63. The number of rotatable bonds is 6.